The molecule has 0 N–H and O–H groups in total. The molecular formula is C55H31N5O2. The minimum Gasteiger partial charge on any atom is -0.456 e. The molecule has 0 radical (unpaired) electrons. The number of furan rings is 2. The average molecular weight is 794 g/mol. The van der Waals surface area contributed by atoms with Crippen molar-refractivity contribution in [1.82, 2.24) is 24.9 Å². The monoisotopic (exact) mass is 793 g/mol. The first kappa shape index (κ1) is 34.3. The lowest BCUT2D eigenvalue weighted by Gasteiger charge is -2.13. The Hall–Kier alpha value is -8.55. The zero-order valence-electron chi connectivity index (χ0n) is 33.0. The molecule has 13 rings (SSSR count). The molecule has 288 valence electrons. The van der Waals surface area contributed by atoms with Gasteiger partial charge in [-0.2, -0.15) is 0 Å². The Morgan fingerprint density at radius 2 is 0.774 bits per heavy atom. The SMILES string of the molecule is c1ccc(-c2nc(-c3ccc4c5ccccc5c5ccccc5c4c3)nc(-c3cccc4oc5cccc(-c6nc(-c7ccccc7)c7oc8ccccc8c7n6)c5c34)n2)cc1. The first-order valence-electron chi connectivity index (χ1n) is 20.6. The fraction of sp³-hybridized carbons (Fsp3) is 0. The van der Waals surface area contributed by atoms with Gasteiger partial charge in [0.15, 0.2) is 28.9 Å². The highest BCUT2D eigenvalue weighted by atomic mass is 16.3. The number of hydrogen-bond donors (Lipinski definition) is 0. The Bertz CT molecular complexity index is 3900. The van der Waals surface area contributed by atoms with Gasteiger partial charge in [0, 0.05) is 44.0 Å². The largest absolute Gasteiger partial charge is 0.456 e. The van der Waals surface area contributed by atoms with Gasteiger partial charge >= 0.3 is 0 Å². The van der Waals surface area contributed by atoms with Crippen molar-refractivity contribution in [3.63, 3.8) is 0 Å². The van der Waals surface area contributed by atoms with E-state index in [4.69, 9.17) is 33.8 Å². The van der Waals surface area contributed by atoms with E-state index in [-0.39, 0.29) is 0 Å². The summed E-state index contributed by atoms with van der Waals surface area (Å²) in [6.45, 7) is 0. The van der Waals surface area contributed by atoms with E-state index in [1.165, 1.54) is 26.9 Å². The Labute approximate surface area is 353 Å². The summed E-state index contributed by atoms with van der Waals surface area (Å²) >= 11 is 0. The topological polar surface area (TPSA) is 90.7 Å². The van der Waals surface area contributed by atoms with Crippen LogP contribution in [0.15, 0.2) is 197 Å². The van der Waals surface area contributed by atoms with E-state index >= 15 is 0 Å². The fourth-order valence-electron chi connectivity index (χ4n) is 9.13. The van der Waals surface area contributed by atoms with Gasteiger partial charge in [-0.1, -0.05) is 158 Å². The summed E-state index contributed by atoms with van der Waals surface area (Å²) in [5.74, 6) is 2.24. The molecule has 4 heterocycles. The van der Waals surface area contributed by atoms with E-state index in [2.05, 4.69) is 78.9 Å². The zero-order valence-corrected chi connectivity index (χ0v) is 33.0. The third kappa shape index (κ3) is 5.28. The van der Waals surface area contributed by atoms with E-state index in [1.807, 2.05) is 109 Å². The first-order valence-corrected chi connectivity index (χ1v) is 20.6. The second kappa shape index (κ2) is 13.5. The molecule has 0 spiro atoms. The Kier molecular flexibility index (Phi) is 7.47. The second-order valence-corrected chi connectivity index (χ2v) is 15.5. The summed E-state index contributed by atoms with van der Waals surface area (Å²) < 4.78 is 13.1. The summed E-state index contributed by atoms with van der Waals surface area (Å²) in [4.78, 5) is 26.2. The van der Waals surface area contributed by atoms with Crippen LogP contribution >= 0.6 is 0 Å². The number of aromatic nitrogens is 5. The molecule has 0 bridgehead atoms. The lowest BCUT2D eigenvalue weighted by molar-refractivity contribution is 0.667. The van der Waals surface area contributed by atoms with Gasteiger partial charge in [0.05, 0.1) is 0 Å². The van der Waals surface area contributed by atoms with Crippen LogP contribution in [0.3, 0.4) is 0 Å². The van der Waals surface area contributed by atoms with Crippen LogP contribution in [0.25, 0.3) is 133 Å². The zero-order chi connectivity index (χ0) is 40.7. The number of fused-ring (bicyclic) bond motifs is 12. The highest BCUT2D eigenvalue weighted by molar-refractivity contribution is 6.26. The molecule has 62 heavy (non-hydrogen) atoms. The maximum atomic E-state index is 6.64. The minimum absolute atomic E-state index is 0.530. The van der Waals surface area contributed by atoms with E-state index in [0.717, 1.165) is 66.2 Å². The number of rotatable bonds is 5. The molecule has 7 nitrogen and oxygen atoms in total. The van der Waals surface area contributed by atoms with Gasteiger partial charge in [-0.25, -0.2) is 24.9 Å². The summed E-state index contributed by atoms with van der Waals surface area (Å²) in [5.41, 5.74) is 8.64. The van der Waals surface area contributed by atoms with Crippen molar-refractivity contribution in [2.75, 3.05) is 0 Å². The third-order valence-electron chi connectivity index (χ3n) is 11.9. The maximum absolute atomic E-state index is 6.64. The van der Waals surface area contributed by atoms with Gasteiger partial charge in [0.1, 0.15) is 28.0 Å². The van der Waals surface area contributed by atoms with E-state index < -0.39 is 0 Å². The molecule has 0 amide bonds. The lowest BCUT2D eigenvalue weighted by Crippen LogP contribution is -2.00. The van der Waals surface area contributed by atoms with Crippen LogP contribution < -0.4 is 0 Å². The van der Waals surface area contributed by atoms with Crippen molar-refractivity contribution in [3.05, 3.63) is 188 Å². The second-order valence-electron chi connectivity index (χ2n) is 15.5. The first-order chi connectivity index (χ1) is 30.7. The predicted molar refractivity (Wildman–Crippen MR) is 250 cm³/mol. The molecule has 0 unspecified atom stereocenters. The molecule has 0 saturated heterocycles. The molecule has 0 saturated carbocycles. The molecule has 0 aliphatic carbocycles. The van der Waals surface area contributed by atoms with Crippen LogP contribution in [-0.2, 0) is 0 Å². The Morgan fingerprint density at radius 1 is 0.290 bits per heavy atom. The number of para-hydroxylation sites is 1. The van der Waals surface area contributed by atoms with Gasteiger partial charge in [-0.15, -0.1) is 0 Å². The highest BCUT2D eigenvalue weighted by Crippen LogP contribution is 2.43. The molecular weight excluding hydrogens is 763 g/mol. The van der Waals surface area contributed by atoms with Crippen molar-refractivity contribution in [2.45, 2.75) is 0 Å². The molecule has 7 heteroatoms. The van der Waals surface area contributed by atoms with E-state index in [9.17, 15) is 0 Å². The van der Waals surface area contributed by atoms with Crippen LogP contribution in [0.5, 0.6) is 0 Å². The number of hydrogen-bond acceptors (Lipinski definition) is 7. The number of benzene rings is 9. The van der Waals surface area contributed by atoms with Gasteiger partial charge in [0.25, 0.3) is 0 Å². The van der Waals surface area contributed by atoms with Crippen LogP contribution in [-0.4, -0.2) is 24.9 Å². The summed E-state index contributed by atoms with van der Waals surface area (Å²) in [6.07, 6.45) is 0. The maximum Gasteiger partial charge on any atom is 0.180 e. The van der Waals surface area contributed by atoms with Crippen molar-refractivity contribution in [1.29, 1.82) is 0 Å². The van der Waals surface area contributed by atoms with Crippen molar-refractivity contribution < 1.29 is 8.83 Å². The van der Waals surface area contributed by atoms with Crippen molar-refractivity contribution >= 4 is 76.3 Å². The van der Waals surface area contributed by atoms with Crippen molar-refractivity contribution in [3.8, 4) is 56.8 Å². The smallest absolute Gasteiger partial charge is 0.180 e. The standard InChI is InChI=1S/C55H31N5O2/c1-3-15-32(16-4-1)49-51-50(40-23-11-12-26-44(40)62-51)57-54(56-49)41-24-13-27-45-47(41)48-42(25-14-28-46(48)61-45)55-59-52(33-17-5-2-6-18-33)58-53(60-55)34-29-30-39-37-21-8-7-19-35(37)36-20-9-10-22-38(36)43(39)31-34/h1-31H. The fourth-order valence-corrected chi connectivity index (χ4v) is 9.13. The molecule has 0 aliphatic rings. The minimum atomic E-state index is 0.530. The average Bonchev–Trinajstić information content (AvgIpc) is 3.93. The highest BCUT2D eigenvalue weighted by Gasteiger charge is 2.24. The Morgan fingerprint density at radius 3 is 1.42 bits per heavy atom. The third-order valence-corrected chi connectivity index (χ3v) is 11.9. The van der Waals surface area contributed by atoms with Gasteiger partial charge in [-0.3, -0.25) is 0 Å². The summed E-state index contributed by atoms with van der Waals surface area (Å²) in [7, 11) is 0. The molecule has 13 aromatic rings. The quantitative estimate of drug-likeness (QED) is 0.160. The lowest BCUT2D eigenvalue weighted by atomic mass is 9.93. The van der Waals surface area contributed by atoms with Gasteiger partial charge in [0.2, 0.25) is 0 Å². The molecule has 0 atom stereocenters. The molecule has 0 fully saturated rings. The van der Waals surface area contributed by atoms with Gasteiger partial charge < -0.3 is 8.83 Å². The molecule has 9 aromatic carbocycles. The van der Waals surface area contributed by atoms with Crippen molar-refractivity contribution in [2.24, 2.45) is 0 Å². The van der Waals surface area contributed by atoms with Gasteiger partial charge in [-0.05, 0) is 62.6 Å². The number of nitrogens with zero attached hydrogens (tertiary/aromatic N) is 5. The van der Waals surface area contributed by atoms with Crippen LogP contribution in [0.2, 0.25) is 0 Å². The normalized spacial score (nSPS) is 11.9. The van der Waals surface area contributed by atoms with Crippen LogP contribution in [0.1, 0.15) is 0 Å². The summed E-state index contributed by atoms with van der Waals surface area (Å²) in [5, 5.41) is 9.83. The van der Waals surface area contributed by atoms with Crippen LogP contribution in [0.4, 0.5) is 0 Å². The molecule has 0 aliphatic heterocycles. The Balaban J connectivity index is 1.06. The molecule has 4 aromatic heterocycles. The predicted octanol–water partition coefficient (Wildman–Crippen LogP) is 14.3. The van der Waals surface area contributed by atoms with Crippen LogP contribution in [0, 0.1) is 0 Å². The van der Waals surface area contributed by atoms with E-state index in [1.54, 1.807) is 0 Å². The summed E-state index contributed by atoms with van der Waals surface area (Å²) in [6, 6.07) is 64.0. The van der Waals surface area contributed by atoms with E-state index in [0.29, 0.717) is 40.0 Å².